The van der Waals surface area contributed by atoms with Crippen molar-refractivity contribution in [3.8, 4) is 11.1 Å². The van der Waals surface area contributed by atoms with Crippen molar-refractivity contribution in [2.24, 2.45) is 0 Å². The van der Waals surface area contributed by atoms with Crippen LogP contribution in [0.5, 0.6) is 0 Å². The summed E-state index contributed by atoms with van der Waals surface area (Å²) in [5.41, 5.74) is 4.00. The molecule has 3 aromatic rings. The average Bonchev–Trinajstić information content (AvgIpc) is 2.88. The predicted octanol–water partition coefficient (Wildman–Crippen LogP) is 4.05. The molecule has 1 amide bonds. The molecule has 6 heteroatoms. The summed E-state index contributed by atoms with van der Waals surface area (Å²) in [5.74, 6) is 0. The van der Waals surface area contributed by atoms with Crippen molar-refractivity contribution in [3.63, 3.8) is 0 Å². The zero-order chi connectivity index (χ0) is 17.3. The minimum absolute atomic E-state index is 0.472. The molecular weight excluding hydrogens is 304 g/mol. The molecule has 0 fully saturated rings. The van der Waals surface area contributed by atoms with Crippen LogP contribution >= 0.6 is 0 Å². The van der Waals surface area contributed by atoms with Crippen molar-refractivity contribution < 1.29 is 9.53 Å². The van der Waals surface area contributed by atoms with E-state index in [-0.39, 0.29) is 0 Å². The summed E-state index contributed by atoms with van der Waals surface area (Å²) in [6, 6.07) is 9.68. The molecule has 0 spiro atoms. The fraction of sp³-hybridized carbons (Fsp3) is 0.278. The van der Waals surface area contributed by atoms with Gasteiger partial charge in [-0.05, 0) is 63.1 Å². The summed E-state index contributed by atoms with van der Waals surface area (Å²) < 4.78 is 6.89. The number of benzene rings is 1. The Morgan fingerprint density at radius 2 is 2.00 bits per heavy atom. The van der Waals surface area contributed by atoms with Gasteiger partial charge in [0.25, 0.3) is 0 Å². The number of ether oxygens (including phenoxy) is 1. The molecule has 0 saturated carbocycles. The Labute approximate surface area is 140 Å². The molecule has 124 valence electrons. The van der Waals surface area contributed by atoms with Gasteiger partial charge in [-0.15, -0.1) is 0 Å². The molecule has 0 radical (unpaired) electrons. The van der Waals surface area contributed by atoms with Crippen LogP contribution in [-0.4, -0.2) is 26.5 Å². The van der Waals surface area contributed by atoms with Crippen LogP contribution in [0.1, 0.15) is 26.3 Å². The number of fused-ring (bicyclic) bond motifs is 1. The first kappa shape index (κ1) is 16.0. The Bertz CT molecular complexity index is 893. The molecule has 1 aromatic carbocycles. The molecule has 24 heavy (non-hydrogen) atoms. The molecule has 0 unspecified atom stereocenters. The van der Waals surface area contributed by atoms with E-state index >= 15 is 0 Å². The first-order valence-electron chi connectivity index (χ1n) is 7.73. The minimum atomic E-state index is -0.537. The summed E-state index contributed by atoms with van der Waals surface area (Å²) >= 11 is 0. The number of anilines is 1. The van der Waals surface area contributed by atoms with Gasteiger partial charge in [0.05, 0.1) is 11.7 Å². The Morgan fingerprint density at radius 3 is 2.75 bits per heavy atom. The van der Waals surface area contributed by atoms with Crippen LogP contribution < -0.4 is 5.32 Å². The Hall–Kier alpha value is -2.89. The molecular formula is C18H20N4O2. The van der Waals surface area contributed by atoms with Crippen molar-refractivity contribution >= 4 is 17.3 Å². The van der Waals surface area contributed by atoms with E-state index in [2.05, 4.69) is 15.5 Å². The van der Waals surface area contributed by atoms with Crippen molar-refractivity contribution in [2.75, 3.05) is 5.32 Å². The summed E-state index contributed by atoms with van der Waals surface area (Å²) in [7, 11) is 0. The van der Waals surface area contributed by atoms with Crippen LogP contribution in [0.4, 0.5) is 10.5 Å². The van der Waals surface area contributed by atoms with E-state index in [4.69, 9.17) is 4.74 Å². The zero-order valence-corrected chi connectivity index (χ0v) is 14.2. The number of carbonyl (C=O) groups excluding carboxylic acids is 1. The van der Waals surface area contributed by atoms with Crippen molar-refractivity contribution in [3.05, 3.63) is 48.3 Å². The van der Waals surface area contributed by atoms with Crippen molar-refractivity contribution in [1.82, 2.24) is 14.8 Å². The monoisotopic (exact) mass is 324 g/mol. The number of rotatable bonds is 2. The fourth-order valence-corrected chi connectivity index (χ4v) is 2.49. The van der Waals surface area contributed by atoms with Gasteiger partial charge in [0.15, 0.2) is 0 Å². The molecule has 6 nitrogen and oxygen atoms in total. The topological polar surface area (TPSA) is 68.5 Å². The van der Waals surface area contributed by atoms with Gasteiger partial charge in [0.1, 0.15) is 5.60 Å². The Balaban J connectivity index is 1.93. The SMILES string of the molecule is Cc1cc(NC(=O)OC(C)(C)C)cc(-c2cnn3ncccc23)c1. The molecule has 2 heterocycles. The smallest absolute Gasteiger partial charge is 0.412 e. The fourth-order valence-electron chi connectivity index (χ4n) is 2.49. The van der Waals surface area contributed by atoms with Gasteiger partial charge in [-0.3, -0.25) is 5.32 Å². The lowest BCUT2D eigenvalue weighted by atomic mass is 10.0. The highest BCUT2D eigenvalue weighted by molar-refractivity contribution is 5.88. The first-order chi connectivity index (χ1) is 11.3. The molecule has 2 aromatic heterocycles. The van der Waals surface area contributed by atoms with E-state index in [9.17, 15) is 4.79 Å². The number of hydrogen-bond acceptors (Lipinski definition) is 4. The number of carbonyl (C=O) groups is 1. The van der Waals surface area contributed by atoms with E-state index < -0.39 is 11.7 Å². The molecule has 0 aliphatic heterocycles. The third-order valence-electron chi connectivity index (χ3n) is 3.34. The van der Waals surface area contributed by atoms with Gasteiger partial charge >= 0.3 is 6.09 Å². The van der Waals surface area contributed by atoms with Crippen LogP contribution in [0.3, 0.4) is 0 Å². The van der Waals surface area contributed by atoms with Crippen LogP contribution in [0.25, 0.3) is 16.6 Å². The third-order valence-corrected chi connectivity index (χ3v) is 3.34. The third kappa shape index (κ3) is 3.53. The highest BCUT2D eigenvalue weighted by Crippen LogP contribution is 2.28. The first-order valence-corrected chi connectivity index (χ1v) is 7.73. The lowest BCUT2D eigenvalue weighted by Crippen LogP contribution is -2.27. The van der Waals surface area contributed by atoms with Crippen LogP contribution in [-0.2, 0) is 4.74 Å². The van der Waals surface area contributed by atoms with E-state index in [1.54, 1.807) is 17.0 Å². The Morgan fingerprint density at radius 1 is 1.21 bits per heavy atom. The highest BCUT2D eigenvalue weighted by atomic mass is 16.6. The molecule has 0 bridgehead atoms. The second-order valence-electron chi connectivity index (χ2n) is 6.67. The second-order valence-corrected chi connectivity index (χ2v) is 6.67. The predicted molar refractivity (Wildman–Crippen MR) is 93.0 cm³/mol. The van der Waals surface area contributed by atoms with E-state index in [0.717, 1.165) is 22.2 Å². The number of amides is 1. The lowest BCUT2D eigenvalue weighted by molar-refractivity contribution is 0.0636. The summed E-state index contributed by atoms with van der Waals surface area (Å²) in [6.07, 6.45) is 2.99. The van der Waals surface area contributed by atoms with Crippen LogP contribution in [0, 0.1) is 6.92 Å². The largest absolute Gasteiger partial charge is 0.444 e. The summed E-state index contributed by atoms with van der Waals surface area (Å²) in [5, 5.41) is 11.2. The van der Waals surface area contributed by atoms with Gasteiger partial charge in [-0.1, -0.05) is 6.07 Å². The Kier molecular flexibility index (Phi) is 3.97. The van der Waals surface area contributed by atoms with Gasteiger partial charge < -0.3 is 4.74 Å². The number of hydrogen-bond donors (Lipinski definition) is 1. The van der Waals surface area contributed by atoms with Crippen LogP contribution in [0.15, 0.2) is 42.7 Å². The number of nitrogens with zero attached hydrogens (tertiary/aromatic N) is 3. The molecule has 0 aliphatic rings. The van der Waals surface area contributed by atoms with Crippen LogP contribution in [0.2, 0.25) is 0 Å². The highest BCUT2D eigenvalue weighted by Gasteiger charge is 2.17. The lowest BCUT2D eigenvalue weighted by Gasteiger charge is -2.20. The van der Waals surface area contributed by atoms with Gasteiger partial charge in [-0.25, -0.2) is 4.79 Å². The molecule has 0 aliphatic carbocycles. The van der Waals surface area contributed by atoms with E-state index in [1.807, 2.05) is 58.0 Å². The van der Waals surface area contributed by atoms with Crippen molar-refractivity contribution in [2.45, 2.75) is 33.3 Å². The maximum atomic E-state index is 12.0. The standard InChI is InChI=1S/C18H20N4O2/c1-12-8-13(15-11-20-22-16(15)6-5-7-19-22)10-14(9-12)21-17(23)24-18(2,3)4/h5-11H,1-4H3,(H,21,23). The van der Waals surface area contributed by atoms with Gasteiger partial charge in [0.2, 0.25) is 0 Å². The normalized spacial score (nSPS) is 11.5. The summed E-state index contributed by atoms with van der Waals surface area (Å²) in [4.78, 5) is 12.0. The number of aryl methyl sites for hydroxylation is 1. The van der Waals surface area contributed by atoms with Crippen molar-refractivity contribution in [1.29, 1.82) is 0 Å². The molecule has 0 saturated heterocycles. The zero-order valence-electron chi connectivity index (χ0n) is 14.2. The van der Waals surface area contributed by atoms with E-state index in [0.29, 0.717) is 5.69 Å². The number of aromatic nitrogens is 3. The second kappa shape index (κ2) is 5.96. The quantitative estimate of drug-likeness (QED) is 0.772. The van der Waals surface area contributed by atoms with Gasteiger partial charge in [-0.2, -0.15) is 14.8 Å². The minimum Gasteiger partial charge on any atom is -0.444 e. The maximum absolute atomic E-state index is 12.0. The van der Waals surface area contributed by atoms with Gasteiger partial charge in [0, 0.05) is 17.4 Å². The average molecular weight is 324 g/mol. The number of nitrogens with one attached hydrogen (secondary N) is 1. The summed E-state index contributed by atoms with van der Waals surface area (Å²) in [6.45, 7) is 7.48. The molecule has 3 rings (SSSR count). The molecule has 0 atom stereocenters. The van der Waals surface area contributed by atoms with E-state index in [1.165, 1.54) is 0 Å². The molecule has 1 N–H and O–H groups in total. The maximum Gasteiger partial charge on any atom is 0.412 e.